The molecule has 1 saturated heterocycles. The van der Waals surface area contributed by atoms with Crippen molar-refractivity contribution in [1.82, 2.24) is 19.7 Å². The van der Waals surface area contributed by atoms with Crippen LogP contribution in [0.5, 0.6) is 0 Å². The molecule has 4 rings (SSSR count). The van der Waals surface area contributed by atoms with Crippen molar-refractivity contribution in [3.05, 3.63) is 69.4 Å². The molecular formula is C24H29FN4O4. The largest absolute Gasteiger partial charge is 0.357 e. The molecule has 1 aromatic heterocycles. The lowest BCUT2D eigenvalue weighted by atomic mass is 9.99. The van der Waals surface area contributed by atoms with Crippen LogP contribution >= 0.6 is 0 Å². The molecule has 0 bridgehead atoms. The lowest BCUT2D eigenvalue weighted by Gasteiger charge is -2.56. The Bertz CT molecular complexity index is 1130. The zero-order chi connectivity index (χ0) is 23.9. The van der Waals surface area contributed by atoms with E-state index in [-0.39, 0.29) is 42.1 Å². The van der Waals surface area contributed by atoms with Gasteiger partial charge in [0.05, 0.1) is 6.54 Å². The predicted molar refractivity (Wildman–Crippen MR) is 120 cm³/mol. The molecule has 0 unspecified atom stereocenters. The van der Waals surface area contributed by atoms with Gasteiger partial charge in [-0.25, -0.2) is 4.39 Å². The number of pyridine rings is 1. The zero-order valence-corrected chi connectivity index (χ0v) is 19.0. The van der Waals surface area contributed by atoms with Crippen molar-refractivity contribution in [2.45, 2.75) is 52.2 Å². The Kier molecular flexibility index (Phi) is 6.11. The molecule has 8 nitrogen and oxygen atoms in total. The van der Waals surface area contributed by atoms with E-state index >= 15 is 0 Å². The van der Waals surface area contributed by atoms with Crippen LogP contribution in [0.3, 0.4) is 0 Å². The molecule has 2 N–H and O–H groups in total. The summed E-state index contributed by atoms with van der Waals surface area (Å²) in [5.74, 6) is -2.67. The maximum Gasteiger partial charge on any atom is 0.274 e. The molecule has 9 heteroatoms. The Morgan fingerprint density at radius 1 is 1.27 bits per heavy atom. The minimum absolute atomic E-state index is 0.0314. The molecule has 1 aromatic carbocycles. The van der Waals surface area contributed by atoms with Crippen LogP contribution in [0.25, 0.3) is 0 Å². The molecule has 2 aliphatic rings. The van der Waals surface area contributed by atoms with Gasteiger partial charge in [-0.1, -0.05) is 26.0 Å². The predicted octanol–water partition coefficient (Wildman–Crippen LogP) is 1.77. The molecule has 1 fully saturated rings. The van der Waals surface area contributed by atoms with E-state index in [1.54, 1.807) is 12.1 Å². The standard InChI is InChI=1S/C24H29FN4O4/c1-15(2)12-28-9-8-16(3)29-23(32)20-10-21(30)19(13-27(20)14-24(28,29)33)22(31)26-11-17-4-6-18(25)7-5-17/h4-7,10,13,15-16,33H,8-9,11-12,14H2,1-3H3,(H,26,31)/t16-,24-/m0/s1. The zero-order valence-electron chi connectivity index (χ0n) is 19.0. The highest BCUT2D eigenvalue weighted by molar-refractivity contribution is 5.97. The number of fused-ring (bicyclic) bond motifs is 2. The van der Waals surface area contributed by atoms with Crippen molar-refractivity contribution in [3.63, 3.8) is 0 Å². The molecule has 0 aliphatic carbocycles. The van der Waals surface area contributed by atoms with Gasteiger partial charge in [-0.3, -0.25) is 24.2 Å². The summed E-state index contributed by atoms with van der Waals surface area (Å²) in [7, 11) is 0. The normalized spacial score (nSPS) is 22.8. The second kappa shape index (κ2) is 8.72. The summed E-state index contributed by atoms with van der Waals surface area (Å²) in [6.45, 7) is 7.38. The highest BCUT2D eigenvalue weighted by Crippen LogP contribution is 2.35. The van der Waals surface area contributed by atoms with E-state index in [4.69, 9.17) is 0 Å². The third kappa shape index (κ3) is 4.30. The number of rotatable bonds is 5. The third-order valence-electron chi connectivity index (χ3n) is 6.29. The molecular weight excluding hydrogens is 427 g/mol. The van der Waals surface area contributed by atoms with E-state index in [2.05, 4.69) is 5.32 Å². The Balaban J connectivity index is 1.63. The highest BCUT2D eigenvalue weighted by Gasteiger charge is 2.52. The van der Waals surface area contributed by atoms with Crippen molar-refractivity contribution in [2.24, 2.45) is 5.92 Å². The molecule has 176 valence electrons. The SMILES string of the molecule is CC(C)CN1CC[C@H](C)N2C(=O)c3cc(=O)c(C(=O)NCc4ccc(F)cc4)cn3C[C@]12O. The fraction of sp³-hybridized carbons (Fsp3) is 0.458. The summed E-state index contributed by atoms with van der Waals surface area (Å²) in [5.41, 5.74) is 0.145. The fourth-order valence-electron chi connectivity index (χ4n) is 4.66. The number of hydrogen-bond acceptors (Lipinski definition) is 5. The average Bonchev–Trinajstić information content (AvgIpc) is 2.75. The highest BCUT2D eigenvalue weighted by atomic mass is 19.1. The quantitative estimate of drug-likeness (QED) is 0.715. The first kappa shape index (κ1) is 23.1. The molecule has 2 atom stereocenters. The van der Waals surface area contributed by atoms with Crippen molar-refractivity contribution in [2.75, 3.05) is 13.1 Å². The van der Waals surface area contributed by atoms with Crippen LogP contribution in [0.2, 0.25) is 0 Å². The van der Waals surface area contributed by atoms with E-state index in [1.807, 2.05) is 25.7 Å². The number of amides is 2. The summed E-state index contributed by atoms with van der Waals surface area (Å²) >= 11 is 0. The second-order valence-electron chi connectivity index (χ2n) is 9.30. The minimum atomic E-state index is -1.54. The van der Waals surface area contributed by atoms with Gasteiger partial charge < -0.3 is 15.0 Å². The van der Waals surface area contributed by atoms with Gasteiger partial charge in [0.25, 0.3) is 11.8 Å². The van der Waals surface area contributed by atoms with E-state index in [9.17, 15) is 23.9 Å². The summed E-state index contributed by atoms with van der Waals surface area (Å²) < 4.78 is 14.6. The minimum Gasteiger partial charge on any atom is -0.357 e. The molecule has 2 aliphatic heterocycles. The number of nitrogens with zero attached hydrogens (tertiary/aromatic N) is 3. The maximum absolute atomic E-state index is 13.3. The van der Waals surface area contributed by atoms with Crippen LogP contribution in [-0.4, -0.2) is 56.3 Å². The molecule has 0 radical (unpaired) electrons. The van der Waals surface area contributed by atoms with Gasteiger partial charge in [0.2, 0.25) is 5.85 Å². The number of hydrogen-bond donors (Lipinski definition) is 2. The fourth-order valence-corrected chi connectivity index (χ4v) is 4.66. The number of nitrogens with one attached hydrogen (secondary N) is 1. The Morgan fingerprint density at radius 2 is 1.97 bits per heavy atom. The van der Waals surface area contributed by atoms with Gasteiger partial charge in [-0.2, -0.15) is 0 Å². The van der Waals surface area contributed by atoms with Crippen molar-refractivity contribution in [1.29, 1.82) is 0 Å². The summed E-state index contributed by atoms with van der Waals surface area (Å²) in [6.07, 6.45) is 2.06. The molecule has 0 spiro atoms. The molecule has 33 heavy (non-hydrogen) atoms. The van der Waals surface area contributed by atoms with Gasteiger partial charge >= 0.3 is 0 Å². The number of carbonyl (C=O) groups is 2. The van der Waals surface area contributed by atoms with Crippen molar-refractivity contribution >= 4 is 11.8 Å². The van der Waals surface area contributed by atoms with E-state index in [0.29, 0.717) is 18.7 Å². The first-order valence-electron chi connectivity index (χ1n) is 11.2. The maximum atomic E-state index is 13.3. The third-order valence-corrected chi connectivity index (χ3v) is 6.29. The Labute approximate surface area is 191 Å². The number of benzene rings is 1. The lowest BCUT2D eigenvalue weighted by Crippen LogP contribution is -2.73. The van der Waals surface area contributed by atoms with Crippen LogP contribution in [0.15, 0.2) is 41.3 Å². The van der Waals surface area contributed by atoms with Crippen LogP contribution in [0, 0.1) is 11.7 Å². The van der Waals surface area contributed by atoms with Gasteiger partial charge in [-0.15, -0.1) is 0 Å². The van der Waals surface area contributed by atoms with Crippen molar-refractivity contribution < 1.29 is 19.1 Å². The summed E-state index contributed by atoms with van der Waals surface area (Å²) in [4.78, 5) is 42.1. The van der Waals surface area contributed by atoms with E-state index < -0.39 is 23.1 Å². The van der Waals surface area contributed by atoms with Crippen molar-refractivity contribution in [3.8, 4) is 0 Å². The smallest absolute Gasteiger partial charge is 0.274 e. The van der Waals surface area contributed by atoms with Crippen LogP contribution in [-0.2, 0) is 13.1 Å². The first-order valence-corrected chi connectivity index (χ1v) is 11.2. The number of halogens is 1. The number of aromatic nitrogens is 1. The van der Waals surface area contributed by atoms with Crippen LogP contribution in [0.1, 0.15) is 53.6 Å². The Hall–Kier alpha value is -3.04. The molecule has 0 saturated carbocycles. The second-order valence-corrected chi connectivity index (χ2v) is 9.30. The number of aliphatic hydroxyl groups is 1. The molecule has 2 aromatic rings. The van der Waals surface area contributed by atoms with Gasteiger partial charge in [-0.05, 0) is 37.0 Å². The van der Waals surface area contributed by atoms with Gasteiger partial charge in [0, 0.05) is 37.9 Å². The van der Waals surface area contributed by atoms with Crippen LogP contribution < -0.4 is 10.7 Å². The van der Waals surface area contributed by atoms with Gasteiger partial charge in [0.1, 0.15) is 17.1 Å². The van der Waals surface area contributed by atoms with E-state index in [0.717, 1.165) is 6.42 Å². The molecule has 2 amide bonds. The average molecular weight is 457 g/mol. The topological polar surface area (TPSA) is 94.9 Å². The lowest BCUT2D eigenvalue weighted by molar-refractivity contribution is -0.244. The van der Waals surface area contributed by atoms with E-state index in [1.165, 1.54) is 33.9 Å². The Morgan fingerprint density at radius 3 is 2.64 bits per heavy atom. The first-order chi connectivity index (χ1) is 15.6. The summed E-state index contributed by atoms with van der Waals surface area (Å²) in [6, 6.07) is 6.66. The van der Waals surface area contributed by atoms with Crippen LogP contribution in [0.4, 0.5) is 4.39 Å². The monoisotopic (exact) mass is 456 g/mol. The number of carbonyl (C=O) groups excluding carboxylic acids is 2. The summed E-state index contributed by atoms with van der Waals surface area (Å²) in [5, 5.41) is 14.3. The molecule has 3 heterocycles. The van der Waals surface area contributed by atoms with Gasteiger partial charge in [0.15, 0.2) is 5.43 Å².